The van der Waals surface area contributed by atoms with Crippen molar-refractivity contribution in [3.63, 3.8) is 0 Å². The SMILES string of the molecule is NC(=O)c1c(N=Cc2ccc3c(c2)N=NC3)n[nH]c1Cc1cccc(Cl)c1. The van der Waals surface area contributed by atoms with Crippen LogP contribution >= 0.6 is 11.6 Å². The molecule has 1 amide bonds. The van der Waals surface area contributed by atoms with Crippen LogP contribution < -0.4 is 5.73 Å². The highest BCUT2D eigenvalue weighted by Gasteiger charge is 2.18. The second-order valence-electron chi connectivity index (χ2n) is 6.12. The van der Waals surface area contributed by atoms with Gasteiger partial charge in [0.25, 0.3) is 5.91 Å². The molecule has 0 unspecified atom stereocenters. The fourth-order valence-electron chi connectivity index (χ4n) is 2.91. The zero-order chi connectivity index (χ0) is 18.8. The van der Waals surface area contributed by atoms with Gasteiger partial charge in [0.1, 0.15) is 5.56 Å². The van der Waals surface area contributed by atoms with Crippen LogP contribution in [0, 0.1) is 0 Å². The number of H-pyrrole nitrogens is 1. The summed E-state index contributed by atoms with van der Waals surface area (Å²) in [5.41, 5.74) is 10.1. The molecule has 1 aromatic heterocycles. The summed E-state index contributed by atoms with van der Waals surface area (Å²) in [4.78, 5) is 16.3. The van der Waals surface area contributed by atoms with Crippen LogP contribution in [0.5, 0.6) is 0 Å². The zero-order valence-electron chi connectivity index (χ0n) is 14.2. The molecular formula is C19H15ClN6O. The van der Waals surface area contributed by atoms with Gasteiger partial charge in [0.2, 0.25) is 0 Å². The van der Waals surface area contributed by atoms with E-state index < -0.39 is 5.91 Å². The molecule has 2 aromatic carbocycles. The van der Waals surface area contributed by atoms with Crippen molar-refractivity contribution in [1.82, 2.24) is 10.2 Å². The molecule has 1 aliphatic heterocycles. The molecule has 2 heterocycles. The molecule has 0 bridgehead atoms. The highest BCUT2D eigenvalue weighted by atomic mass is 35.5. The Morgan fingerprint density at radius 1 is 1.30 bits per heavy atom. The molecule has 0 atom stereocenters. The minimum atomic E-state index is -0.587. The van der Waals surface area contributed by atoms with E-state index in [0.717, 1.165) is 22.4 Å². The Labute approximate surface area is 160 Å². The van der Waals surface area contributed by atoms with Crippen LogP contribution in [0.25, 0.3) is 0 Å². The number of rotatable bonds is 5. The number of carbonyl (C=O) groups is 1. The second-order valence-corrected chi connectivity index (χ2v) is 6.55. The lowest BCUT2D eigenvalue weighted by atomic mass is 10.1. The molecule has 0 saturated carbocycles. The summed E-state index contributed by atoms with van der Waals surface area (Å²) in [6.07, 6.45) is 2.07. The van der Waals surface area contributed by atoms with Crippen molar-refractivity contribution >= 4 is 35.2 Å². The van der Waals surface area contributed by atoms with E-state index in [2.05, 4.69) is 25.4 Å². The maximum Gasteiger partial charge on any atom is 0.254 e. The van der Waals surface area contributed by atoms with E-state index in [0.29, 0.717) is 23.7 Å². The van der Waals surface area contributed by atoms with Gasteiger partial charge in [-0.05, 0) is 29.3 Å². The average molecular weight is 379 g/mol. The molecule has 4 rings (SSSR count). The Kier molecular flexibility index (Phi) is 4.52. The molecule has 7 nitrogen and oxygen atoms in total. The first-order valence-corrected chi connectivity index (χ1v) is 8.64. The Bertz CT molecular complexity index is 1090. The summed E-state index contributed by atoms with van der Waals surface area (Å²) >= 11 is 6.02. The van der Waals surface area contributed by atoms with Gasteiger partial charge < -0.3 is 5.73 Å². The normalized spacial score (nSPS) is 12.6. The number of nitrogens with two attached hydrogens (primary N) is 1. The number of carbonyl (C=O) groups excluding carboxylic acids is 1. The third kappa shape index (κ3) is 3.63. The number of nitrogens with zero attached hydrogens (tertiary/aromatic N) is 4. The van der Waals surface area contributed by atoms with E-state index >= 15 is 0 Å². The van der Waals surface area contributed by atoms with E-state index in [9.17, 15) is 4.79 Å². The number of benzene rings is 2. The Balaban J connectivity index is 1.62. The minimum Gasteiger partial charge on any atom is -0.365 e. The summed E-state index contributed by atoms with van der Waals surface area (Å²) in [6, 6.07) is 13.2. The number of hydrogen-bond donors (Lipinski definition) is 2. The fraction of sp³-hybridized carbons (Fsp3) is 0.105. The van der Waals surface area contributed by atoms with Crippen molar-refractivity contribution < 1.29 is 4.79 Å². The summed E-state index contributed by atoms with van der Waals surface area (Å²) in [5.74, 6) is -0.336. The second kappa shape index (κ2) is 7.13. The van der Waals surface area contributed by atoms with E-state index in [4.69, 9.17) is 17.3 Å². The van der Waals surface area contributed by atoms with Crippen LogP contribution in [-0.2, 0) is 13.0 Å². The van der Waals surface area contributed by atoms with Crippen molar-refractivity contribution in [2.75, 3.05) is 0 Å². The summed E-state index contributed by atoms with van der Waals surface area (Å²) in [6.45, 7) is 0.602. The van der Waals surface area contributed by atoms with Crippen LogP contribution in [0.3, 0.4) is 0 Å². The lowest BCUT2D eigenvalue weighted by Crippen LogP contribution is -2.13. The third-order valence-corrected chi connectivity index (χ3v) is 4.44. The molecule has 0 fully saturated rings. The van der Waals surface area contributed by atoms with Crippen LogP contribution in [-0.4, -0.2) is 22.3 Å². The van der Waals surface area contributed by atoms with Crippen molar-refractivity contribution in [3.05, 3.63) is 75.4 Å². The topological polar surface area (TPSA) is 109 Å². The highest BCUT2D eigenvalue weighted by Crippen LogP contribution is 2.28. The highest BCUT2D eigenvalue weighted by molar-refractivity contribution is 6.30. The Morgan fingerprint density at radius 3 is 3.00 bits per heavy atom. The van der Waals surface area contributed by atoms with E-state index in [-0.39, 0.29) is 11.4 Å². The number of halogens is 1. The van der Waals surface area contributed by atoms with Crippen molar-refractivity contribution in [1.29, 1.82) is 0 Å². The first-order chi connectivity index (χ1) is 13.1. The van der Waals surface area contributed by atoms with Gasteiger partial charge in [0, 0.05) is 23.2 Å². The monoisotopic (exact) mass is 378 g/mol. The molecule has 0 radical (unpaired) electrons. The van der Waals surface area contributed by atoms with Crippen LogP contribution in [0.1, 0.15) is 32.7 Å². The van der Waals surface area contributed by atoms with E-state index in [1.807, 2.05) is 36.4 Å². The van der Waals surface area contributed by atoms with Gasteiger partial charge in [0.05, 0.1) is 17.9 Å². The molecule has 0 saturated heterocycles. The smallest absolute Gasteiger partial charge is 0.254 e. The standard InChI is InChI=1S/C19H15ClN6O/c20-14-3-1-2-11(6-14)7-16-17(18(21)27)19(26-25-16)22-9-12-4-5-13-10-23-24-15(13)8-12/h1-6,8-9H,7,10H2,(H2,21,27)(H,25,26). The first kappa shape index (κ1) is 17.1. The predicted molar refractivity (Wildman–Crippen MR) is 103 cm³/mol. The van der Waals surface area contributed by atoms with Gasteiger partial charge in [0.15, 0.2) is 5.82 Å². The number of nitrogens with one attached hydrogen (secondary N) is 1. The predicted octanol–water partition coefficient (Wildman–Crippen LogP) is 4.10. The Hall–Kier alpha value is -3.32. The molecule has 3 aromatic rings. The number of hydrogen-bond acceptors (Lipinski definition) is 5. The maximum absolute atomic E-state index is 12.0. The minimum absolute atomic E-state index is 0.252. The largest absolute Gasteiger partial charge is 0.365 e. The number of amides is 1. The summed E-state index contributed by atoms with van der Waals surface area (Å²) < 4.78 is 0. The van der Waals surface area contributed by atoms with Gasteiger partial charge in [-0.3, -0.25) is 9.89 Å². The first-order valence-electron chi connectivity index (χ1n) is 8.26. The summed E-state index contributed by atoms with van der Waals surface area (Å²) in [7, 11) is 0. The van der Waals surface area contributed by atoms with Crippen LogP contribution in [0.4, 0.5) is 11.5 Å². The van der Waals surface area contributed by atoms with Crippen LogP contribution in [0.15, 0.2) is 57.7 Å². The number of aliphatic imine (C=N–C) groups is 1. The lowest BCUT2D eigenvalue weighted by molar-refractivity contribution is 0.100. The zero-order valence-corrected chi connectivity index (χ0v) is 14.9. The number of primary amides is 1. The molecule has 3 N–H and O–H groups in total. The lowest BCUT2D eigenvalue weighted by Gasteiger charge is -2.02. The van der Waals surface area contributed by atoms with Crippen molar-refractivity contribution in [3.8, 4) is 0 Å². The molecule has 8 heteroatoms. The van der Waals surface area contributed by atoms with Gasteiger partial charge in [-0.25, -0.2) is 4.99 Å². The van der Waals surface area contributed by atoms with Crippen molar-refractivity contribution in [2.24, 2.45) is 21.0 Å². The molecule has 27 heavy (non-hydrogen) atoms. The van der Waals surface area contributed by atoms with Gasteiger partial charge in [-0.1, -0.05) is 35.9 Å². The average Bonchev–Trinajstić information content (AvgIpc) is 3.26. The van der Waals surface area contributed by atoms with Crippen molar-refractivity contribution in [2.45, 2.75) is 13.0 Å². The molecular weight excluding hydrogens is 364 g/mol. The molecule has 1 aliphatic rings. The maximum atomic E-state index is 12.0. The Morgan fingerprint density at radius 2 is 2.19 bits per heavy atom. The number of fused-ring (bicyclic) bond motifs is 1. The van der Waals surface area contributed by atoms with Gasteiger partial charge in [-0.2, -0.15) is 15.3 Å². The third-order valence-electron chi connectivity index (χ3n) is 4.20. The number of azo groups is 1. The number of aromatic amines is 1. The van der Waals surface area contributed by atoms with Gasteiger partial charge in [-0.15, -0.1) is 0 Å². The van der Waals surface area contributed by atoms with Crippen LogP contribution in [0.2, 0.25) is 5.02 Å². The number of aromatic nitrogens is 2. The fourth-order valence-corrected chi connectivity index (χ4v) is 3.12. The van der Waals surface area contributed by atoms with E-state index in [1.165, 1.54) is 0 Å². The molecule has 134 valence electrons. The van der Waals surface area contributed by atoms with Gasteiger partial charge >= 0.3 is 0 Å². The quantitative estimate of drug-likeness (QED) is 0.651. The molecule has 0 spiro atoms. The summed E-state index contributed by atoms with van der Waals surface area (Å²) in [5, 5.41) is 15.7. The van der Waals surface area contributed by atoms with E-state index in [1.54, 1.807) is 12.3 Å². The molecule has 0 aliphatic carbocycles.